The zero-order chi connectivity index (χ0) is 15.4. The third kappa shape index (κ3) is 3.80. The summed E-state index contributed by atoms with van der Waals surface area (Å²) in [5.41, 5.74) is 1.84. The van der Waals surface area contributed by atoms with Gasteiger partial charge in [-0.3, -0.25) is 0 Å². The van der Waals surface area contributed by atoms with Gasteiger partial charge in [0.1, 0.15) is 10.8 Å². The van der Waals surface area contributed by atoms with Crippen LogP contribution in [0.4, 0.5) is 14.5 Å². The number of nitrogens with zero attached hydrogens (tertiary/aromatic N) is 1. The van der Waals surface area contributed by atoms with E-state index in [2.05, 4.69) is 20.4 Å². The van der Waals surface area contributed by atoms with Crippen molar-refractivity contribution in [3.8, 4) is 16.3 Å². The number of thiazole rings is 1. The van der Waals surface area contributed by atoms with Crippen LogP contribution in [0.15, 0.2) is 47.3 Å². The Bertz CT molecular complexity index is 729. The Morgan fingerprint density at radius 1 is 1.27 bits per heavy atom. The molecule has 0 radical (unpaired) electrons. The monoisotopic (exact) mass is 338 g/mol. The maximum atomic E-state index is 12.2. The first-order valence-electron chi connectivity index (χ1n) is 6.47. The number of aromatic nitrogens is 1. The maximum Gasteiger partial charge on any atom is 0.387 e. The topological polar surface area (TPSA) is 34.1 Å². The number of halogens is 2. The molecule has 3 rings (SSSR count). The smallest absolute Gasteiger partial charge is 0.387 e. The largest absolute Gasteiger partial charge is 0.435 e. The summed E-state index contributed by atoms with van der Waals surface area (Å²) >= 11 is 3.24. The van der Waals surface area contributed by atoms with E-state index in [4.69, 9.17) is 0 Å². The normalized spacial score (nSPS) is 10.9. The highest BCUT2D eigenvalue weighted by molar-refractivity contribution is 7.15. The minimum Gasteiger partial charge on any atom is -0.435 e. The van der Waals surface area contributed by atoms with Crippen molar-refractivity contribution < 1.29 is 13.5 Å². The zero-order valence-electron chi connectivity index (χ0n) is 11.3. The summed E-state index contributed by atoms with van der Waals surface area (Å²) in [7, 11) is 0. The van der Waals surface area contributed by atoms with Crippen molar-refractivity contribution >= 4 is 28.4 Å². The summed E-state index contributed by atoms with van der Waals surface area (Å²) in [4.78, 5) is 5.46. The van der Waals surface area contributed by atoms with E-state index in [0.717, 1.165) is 21.1 Å². The Hall–Kier alpha value is -1.99. The Morgan fingerprint density at radius 3 is 2.95 bits per heavy atom. The number of anilines is 1. The van der Waals surface area contributed by atoms with Crippen LogP contribution in [-0.2, 0) is 6.54 Å². The number of hydrogen-bond acceptors (Lipinski definition) is 5. The highest BCUT2D eigenvalue weighted by atomic mass is 32.1. The first-order chi connectivity index (χ1) is 10.7. The van der Waals surface area contributed by atoms with Crippen molar-refractivity contribution in [2.24, 2.45) is 0 Å². The van der Waals surface area contributed by atoms with Gasteiger partial charge in [-0.25, -0.2) is 4.98 Å². The van der Waals surface area contributed by atoms with E-state index in [1.165, 1.54) is 6.07 Å². The van der Waals surface area contributed by atoms with Crippen LogP contribution in [0.5, 0.6) is 5.75 Å². The van der Waals surface area contributed by atoms with E-state index >= 15 is 0 Å². The van der Waals surface area contributed by atoms with Crippen molar-refractivity contribution in [2.75, 3.05) is 5.32 Å². The fraction of sp³-hybridized carbons (Fsp3) is 0.133. The molecule has 1 aromatic carbocycles. The van der Waals surface area contributed by atoms with Crippen LogP contribution >= 0.6 is 22.7 Å². The molecule has 2 aromatic heterocycles. The molecule has 2 heterocycles. The van der Waals surface area contributed by atoms with E-state index in [0.29, 0.717) is 6.54 Å². The second kappa shape index (κ2) is 6.85. The van der Waals surface area contributed by atoms with Crippen molar-refractivity contribution in [3.05, 3.63) is 52.2 Å². The molecule has 3 nitrogen and oxygen atoms in total. The number of thiophene rings is 1. The second-order valence-corrected chi connectivity index (χ2v) is 6.30. The van der Waals surface area contributed by atoms with Crippen molar-refractivity contribution in [1.29, 1.82) is 0 Å². The Balaban J connectivity index is 1.63. The first kappa shape index (κ1) is 14.9. The number of benzene rings is 1. The highest BCUT2D eigenvalue weighted by Crippen LogP contribution is 2.27. The Morgan fingerprint density at radius 2 is 2.18 bits per heavy atom. The molecule has 0 amide bonds. The number of ether oxygens (including phenoxy) is 1. The molecule has 0 saturated heterocycles. The third-order valence-electron chi connectivity index (χ3n) is 2.85. The van der Waals surface area contributed by atoms with Gasteiger partial charge in [-0.15, -0.1) is 11.3 Å². The summed E-state index contributed by atoms with van der Waals surface area (Å²) in [6.07, 6.45) is 1.82. The molecule has 3 aromatic rings. The van der Waals surface area contributed by atoms with E-state index in [9.17, 15) is 8.78 Å². The van der Waals surface area contributed by atoms with Crippen molar-refractivity contribution in [3.63, 3.8) is 0 Å². The molecule has 0 aliphatic carbocycles. The fourth-order valence-electron chi connectivity index (χ4n) is 1.88. The van der Waals surface area contributed by atoms with Gasteiger partial charge in [0.25, 0.3) is 0 Å². The van der Waals surface area contributed by atoms with Crippen LogP contribution in [-0.4, -0.2) is 11.6 Å². The molecule has 0 fully saturated rings. The summed E-state index contributed by atoms with van der Waals surface area (Å²) in [6.45, 7) is -2.23. The van der Waals surface area contributed by atoms with E-state index in [-0.39, 0.29) is 5.75 Å². The summed E-state index contributed by atoms with van der Waals surface area (Å²) in [5.74, 6) is 0.142. The lowest BCUT2D eigenvalue weighted by Gasteiger charge is -2.08. The predicted octanol–water partition coefficient (Wildman–Crippen LogP) is 5.09. The van der Waals surface area contributed by atoms with Gasteiger partial charge in [0.05, 0.1) is 6.54 Å². The molecule has 1 N–H and O–H groups in total. The van der Waals surface area contributed by atoms with E-state index < -0.39 is 6.61 Å². The van der Waals surface area contributed by atoms with Gasteiger partial charge < -0.3 is 10.1 Å². The van der Waals surface area contributed by atoms with E-state index in [1.54, 1.807) is 40.9 Å². The average molecular weight is 338 g/mol. The highest BCUT2D eigenvalue weighted by Gasteiger charge is 2.07. The standard InChI is InChI=1S/C15H12F2N2OS2/c16-15(17)20-12-3-1-2-11(6-12)18-7-13-8-19-14(22-13)10-4-5-21-9-10/h1-6,8-9,15,18H,7H2. The molecule has 0 bridgehead atoms. The average Bonchev–Trinajstić information content (AvgIpc) is 3.16. The zero-order valence-corrected chi connectivity index (χ0v) is 13.0. The number of alkyl halides is 2. The molecule has 0 atom stereocenters. The summed E-state index contributed by atoms with van der Waals surface area (Å²) in [5, 5.41) is 8.23. The fourth-order valence-corrected chi connectivity index (χ4v) is 3.44. The maximum absolute atomic E-state index is 12.2. The minimum atomic E-state index is -2.81. The lowest BCUT2D eigenvalue weighted by Crippen LogP contribution is -2.03. The van der Waals surface area contributed by atoms with Gasteiger partial charge in [0.15, 0.2) is 0 Å². The molecule has 0 spiro atoms. The molecule has 0 unspecified atom stereocenters. The number of rotatable bonds is 6. The molecule has 0 aliphatic heterocycles. The second-order valence-electron chi connectivity index (χ2n) is 4.40. The van der Waals surface area contributed by atoms with E-state index in [1.807, 2.05) is 17.6 Å². The summed E-state index contributed by atoms with van der Waals surface area (Å²) in [6, 6.07) is 8.56. The first-order valence-corrected chi connectivity index (χ1v) is 8.22. The molecule has 0 saturated carbocycles. The van der Waals surface area contributed by atoms with Gasteiger partial charge in [-0.1, -0.05) is 6.07 Å². The minimum absolute atomic E-state index is 0.142. The van der Waals surface area contributed by atoms with Crippen LogP contribution in [0, 0.1) is 0 Å². The van der Waals surface area contributed by atoms with Crippen LogP contribution in [0.1, 0.15) is 4.88 Å². The van der Waals surface area contributed by atoms with Gasteiger partial charge in [0, 0.05) is 33.8 Å². The molecule has 0 aliphatic rings. The molecular weight excluding hydrogens is 326 g/mol. The van der Waals surface area contributed by atoms with Crippen molar-refractivity contribution in [2.45, 2.75) is 13.2 Å². The van der Waals surface area contributed by atoms with Crippen LogP contribution < -0.4 is 10.1 Å². The molecular formula is C15H12F2N2OS2. The molecule has 114 valence electrons. The lowest BCUT2D eigenvalue weighted by molar-refractivity contribution is -0.0498. The van der Waals surface area contributed by atoms with Gasteiger partial charge in [0.2, 0.25) is 0 Å². The Kier molecular flexibility index (Phi) is 4.65. The van der Waals surface area contributed by atoms with Crippen molar-refractivity contribution in [1.82, 2.24) is 4.98 Å². The summed E-state index contributed by atoms with van der Waals surface area (Å²) < 4.78 is 28.8. The lowest BCUT2D eigenvalue weighted by atomic mass is 10.3. The van der Waals surface area contributed by atoms with Gasteiger partial charge in [-0.2, -0.15) is 20.1 Å². The predicted molar refractivity (Wildman–Crippen MR) is 85.8 cm³/mol. The van der Waals surface area contributed by atoms with Gasteiger partial charge in [-0.05, 0) is 23.6 Å². The van der Waals surface area contributed by atoms with Crippen LogP contribution in [0.25, 0.3) is 10.6 Å². The van der Waals surface area contributed by atoms with Crippen LogP contribution in [0.3, 0.4) is 0 Å². The van der Waals surface area contributed by atoms with Gasteiger partial charge >= 0.3 is 6.61 Å². The number of nitrogens with one attached hydrogen (secondary N) is 1. The number of hydrogen-bond donors (Lipinski definition) is 1. The third-order valence-corrected chi connectivity index (χ3v) is 4.58. The SMILES string of the molecule is FC(F)Oc1cccc(NCc2cnc(-c3ccsc3)s2)c1. The molecule has 7 heteroatoms. The molecule has 22 heavy (non-hydrogen) atoms. The Labute approximate surface area is 134 Å². The quantitative estimate of drug-likeness (QED) is 0.680. The van der Waals surface area contributed by atoms with Crippen LogP contribution in [0.2, 0.25) is 0 Å².